The van der Waals surface area contributed by atoms with E-state index < -0.39 is 12.8 Å². The zero-order chi connectivity index (χ0) is 19.2. The molecule has 0 radical (unpaired) electrons. The average Bonchev–Trinajstić information content (AvgIpc) is 2.58. The number of nitrogens with one attached hydrogen (secondary N) is 1. The highest BCUT2D eigenvalue weighted by molar-refractivity contribution is 14.0. The summed E-state index contributed by atoms with van der Waals surface area (Å²) < 4.78 is 46.8. The van der Waals surface area contributed by atoms with E-state index >= 15 is 0 Å². The van der Waals surface area contributed by atoms with Gasteiger partial charge in [0.15, 0.2) is 12.6 Å². The molecule has 0 aromatic heterocycles. The Morgan fingerprint density at radius 2 is 1.89 bits per heavy atom. The van der Waals surface area contributed by atoms with Crippen LogP contribution in [-0.2, 0) is 6.54 Å². The smallest absolute Gasteiger partial charge is 0.422 e. The van der Waals surface area contributed by atoms with Crippen molar-refractivity contribution in [1.82, 2.24) is 0 Å². The molecule has 10 heteroatoms. The fourth-order valence-electron chi connectivity index (χ4n) is 2.04. The van der Waals surface area contributed by atoms with Crippen LogP contribution in [0.3, 0.4) is 0 Å². The maximum Gasteiger partial charge on any atom is 0.422 e. The molecule has 5 nitrogen and oxygen atoms in total. The van der Waals surface area contributed by atoms with Gasteiger partial charge in [-0.3, -0.25) is 0 Å². The number of anilines is 1. The second-order valence-electron chi connectivity index (χ2n) is 5.19. The Hall–Kier alpha value is -1.88. The van der Waals surface area contributed by atoms with Crippen LogP contribution in [0, 0.1) is 0 Å². The Labute approximate surface area is 176 Å². The van der Waals surface area contributed by atoms with E-state index in [9.17, 15) is 13.2 Å². The number of methoxy groups -OCH3 is 1. The standard InChI is InChI=1S/C17H17ClF3N3O2.HI/c1-25-15-7-6-12(8-13(15)18)24-16(22)23-9-11-4-2-3-5-14(11)26-10-17(19,20)21;/h2-8H,9-10H2,1H3,(H3,22,23,24);1H. The van der Waals surface area contributed by atoms with Crippen molar-refractivity contribution < 1.29 is 22.6 Å². The lowest BCUT2D eigenvalue weighted by Gasteiger charge is -2.12. The molecule has 0 spiro atoms. The SMILES string of the molecule is COc1ccc(NC(N)=NCc2ccccc2OCC(F)(F)F)cc1Cl.I. The predicted octanol–water partition coefficient (Wildman–Crippen LogP) is 4.83. The summed E-state index contributed by atoms with van der Waals surface area (Å²) in [5, 5.41) is 3.25. The molecule has 0 heterocycles. The molecule has 0 saturated carbocycles. The molecule has 0 atom stereocenters. The summed E-state index contributed by atoms with van der Waals surface area (Å²) in [4.78, 5) is 4.11. The van der Waals surface area contributed by atoms with Crippen LogP contribution in [0.4, 0.5) is 18.9 Å². The largest absolute Gasteiger partial charge is 0.495 e. The molecular formula is C17H18ClF3IN3O2. The molecule has 0 saturated heterocycles. The number of hydrogen-bond acceptors (Lipinski definition) is 3. The van der Waals surface area contributed by atoms with Crippen molar-refractivity contribution in [2.45, 2.75) is 12.7 Å². The molecule has 3 N–H and O–H groups in total. The van der Waals surface area contributed by atoms with Gasteiger partial charge in [-0.25, -0.2) is 4.99 Å². The Bertz CT molecular complexity index is 788. The van der Waals surface area contributed by atoms with Crippen LogP contribution in [0.5, 0.6) is 11.5 Å². The first-order valence-electron chi connectivity index (χ1n) is 7.46. The number of hydrogen-bond donors (Lipinski definition) is 2. The zero-order valence-electron chi connectivity index (χ0n) is 14.2. The number of nitrogens with two attached hydrogens (primary N) is 1. The maximum atomic E-state index is 12.3. The van der Waals surface area contributed by atoms with Gasteiger partial charge in [-0.2, -0.15) is 13.2 Å². The van der Waals surface area contributed by atoms with Crippen LogP contribution in [0.1, 0.15) is 5.56 Å². The van der Waals surface area contributed by atoms with Crippen molar-refractivity contribution in [2.75, 3.05) is 19.0 Å². The summed E-state index contributed by atoms with van der Waals surface area (Å²) in [6, 6.07) is 11.3. The second kappa shape index (κ2) is 10.5. The van der Waals surface area contributed by atoms with Crippen LogP contribution in [0.25, 0.3) is 0 Å². The first kappa shape index (κ1) is 23.2. The quantitative estimate of drug-likeness (QED) is 0.328. The summed E-state index contributed by atoms with van der Waals surface area (Å²) in [5.41, 5.74) is 6.89. The van der Waals surface area contributed by atoms with Gasteiger partial charge < -0.3 is 20.5 Å². The summed E-state index contributed by atoms with van der Waals surface area (Å²) >= 11 is 6.02. The average molecular weight is 516 g/mol. The van der Waals surface area contributed by atoms with Crippen molar-refractivity contribution >= 4 is 47.2 Å². The molecule has 0 fully saturated rings. The van der Waals surface area contributed by atoms with E-state index in [0.717, 1.165) is 0 Å². The van der Waals surface area contributed by atoms with Gasteiger partial charge in [0.1, 0.15) is 11.5 Å². The molecule has 0 aliphatic carbocycles. The minimum absolute atomic E-state index is 0. The van der Waals surface area contributed by atoms with Gasteiger partial charge >= 0.3 is 6.18 Å². The van der Waals surface area contributed by atoms with Crippen molar-refractivity contribution in [3.05, 3.63) is 53.1 Å². The van der Waals surface area contributed by atoms with Crippen LogP contribution >= 0.6 is 35.6 Å². The molecule has 2 aromatic carbocycles. The number of alkyl halides is 3. The van der Waals surface area contributed by atoms with Gasteiger partial charge in [-0.1, -0.05) is 29.8 Å². The summed E-state index contributed by atoms with van der Waals surface area (Å²) in [5.74, 6) is 0.703. The molecular weight excluding hydrogens is 498 g/mol. The summed E-state index contributed by atoms with van der Waals surface area (Å²) in [6.45, 7) is -1.32. The molecule has 2 rings (SSSR count). The molecule has 0 unspecified atom stereocenters. The molecule has 0 amide bonds. The van der Waals surface area contributed by atoms with E-state index in [-0.39, 0.29) is 42.2 Å². The Balaban J connectivity index is 0.00000364. The first-order valence-corrected chi connectivity index (χ1v) is 7.84. The van der Waals surface area contributed by atoms with Gasteiger partial charge in [0.05, 0.1) is 18.7 Å². The van der Waals surface area contributed by atoms with Crippen LogP contribution < -0.4 is 20.5 Å². The maximum absolute atomic E-state index is 12.3. The minimum atomic E-state index is -4.41. The highest BCUT2D eigenvalue weighted by Gasteiger charge is 2.28. The molecule has 0 aliphatic heterocycles. The number of para-hydroxylation sites is 1. The molecule has 148 valence electrons. The van der Waals surface area contributed by atoms with E-state index in [1.165, 1.54) is 13.2 Å². The van der Waals surface area contributed by atoms with E-state index in [1.807, 2.05) is 0 Å². The number of rotatable bonds is 6. The molecule has 2 aromatic rings. The van der Waals surface area contributed by atoms with Gasteiger partial charge in [0.25, 0.3) is 0 Å². The third-order valence-electron chi connectivity index (χ3n) is 3.21. The van der Waals surface area contributed by atoms with E-state index in [1.54, 1.807) is 36.4 Å². The lowest BCUT2D eigenvalue weighted by molar-refractivity contribution is -0.153. The van der Waals surface area contributed by atoms with Gasteiger partial charge in [-0.05, 0) is 24.3 Å². The molecule has 27 heavy (non-hydrogen) atoms. The molecule has 0 aliphatic rings. The fraction of sp³-hybridized carbons (Fsp3) is 0.235. The number of guanidine groups is 1. The van der Waals surface area contributed by atoms with E-state index in [0.29, 0.717) is 22.0 Å². The Kier molecular flexibility index (Phi) is 8.97. The molecule has 0 bridgehead atoms. The monoisotopic (exact) mass is 515 g/mol. The van der Waals surface area contributed by atoms with Crippen molar-refractivity contribution in [3.8, 4) is 11.5 Å². The second-order valence-corrected chi connectivity index (χ2v) is 5.59. The van der Waals surface area contributed by atoms with E-state index in [4.69, 9.17) is 26.8 Å². The van der Waals surface area contributed by atoms with Gasteiger partial charge in [-0.15, -0.1) is 24.0 Å². The normalized spacial score (nSPS) is 11.5. The zero-order valence-corrected chi connectivity index (χ0v) is 17.3. The minimum Gasteiger partial charge on any atom is -0.495 e. The lowest BCUT2D eigenvalue weighted by atomic mass is 10.2. The fourth-order valence-corrected chi connectivity index (χ4v) is 2.29. The van der Waals surface area contributed by atoms with Crippen LogP contribution in [0.2, 0.25) is 5.02 Å². The highest BCUT2D eigenvalue weighted by atomic mass is 127. The number of nitrogens with zero attached hydrogens (tertiary/aromatic N) is 1. The topological polar surface area (TPSA) is 68.9 Å². The highest BCUT2D eigenvalue weighted by Crippen LogP contribution is 2.27. The summed E-state index contributed by atoms with van der Waals surface area (Å²) in [7, 11) is 1.50. The van der Waals surface area contributed by atoms with Gasteiger partial charge in [0.2, 0.25) is 0 Å². The van der Waals surface area contributed by atoms with Crippen molar-refractivity contribution in [1.29, 1.82) is 0 Å². The van der Waals surface area contributed by atoms with Crippen LogP contribution in [0.15, 0.2) is 47.5 Å². The first-order chi connectivity index (χ1) is 12.3. The number of aliphatic imine (C=N–C) groups is 1. The third-order valence-corrected chi connectivity index (χ3v) is 3.50. The van der Waals surface area contributed by atoms with Crippen LogP contribution in [-0.4, -0.2) is 25.9 Å². The van der Waals surface area contributed by atoms with E-state index in [2.05, 4.69) is 10.3 Å². The lowest BCUT2D eigenvalue weighted by Crippen LogP contribution is -2.22. The third kappa shape index (κ3) is 7.71. The Morgan fingerprint density at radius 3 is 2.52 bits per heavy atom. The number of benzene rings is 2. The van der Waals surface area contributed by atoms with Gasteiger partial charge in [0, 0.05) is 11.3 Å². The summed E-state index contributed by atoms with van der Waals surface area (Å²) in [6.07, 6.45) is -4.41. The predicted molar refractivity (Wildman–Crippen MR) is 110 cm³/mol. The van der Waals surface area contributed by atoms with Crippen molar-refractivity contribution in [2.24, 2.45) is 10.7 Å². The number of ether oxygens (including phenoxy) is 2. The number of halogens is 5. The van der Waals surface area contributed by atoms with Crippen molar-refractivity contribution in [3.63, 3.8) is 0 Å². The Morgan fingerprint density at radius 1 is 1.19 bits per heavy atom.